The molecular weight excluding hydrogens is 669 g/mol. The van der Waals surface area contributed by atoms with Crippen LogP contribution < -0.4 is 16.0 Å². The minimum atomic E-state index is -1.48. The molecule has 1 fully saturated rings. The minimum absolute atomic E-state index is 0.0320. The van der Waals surface area contributed by atoms with E-state index in [1.165, 1.54) is 37.4 Å². The fourth-order valence-electron chi connectivity index (χ4n) is 4.08. The van der Waals surface area contributed by atoms with Crippen molar-refractivity contribution in [2.24, 2.45) is 5.92 Å². The summed E-state index contributed by atoms with van der Waals surface area (Å²) in [6.07, 6.45) is 0. The third kappa shape index (κ3) is 6.67. The number of rotatable bonds is 8. The van der Waals surface area contributed by atoms with Crippen molar-refractivity contribution in [3.8, 4) is 0 Å². The maximum absolute atomic E-state index is 14.9. The number of ether oxygens (including phenoxy) is 1. The summed E-state index contributed by atoms with van der Waals surface area (Å²) in [5.41, 5.74) is -0.706. The normalized spacial score (nSPS) is 17.1. The quantitative estimate of drug-likeness (QED) is 0.166. The molecule has 0 aliphatic heterocycles. The summed E-state index contributed by atoms with van der Waals surface area (Å²) >= 11 is 37.2. The second-order valence-corrected chi connectivity index (χ2v) is 11.9. The lowest BCUT2D eigenvalue weighted by atomic mass is 10.1. The number of halogens is 8. The summed E-state index contributed by atoms with van der Waals surface area (Å²) in [6, 6.07) is 8.86. The smallest absolute Gasteiger partial charge is 0.257 e. The van der Waals surface area contributed by atoms with Gasteiger partial charge in [-0.25, -0.2) is 8.78 Å². The van der Waals surface area contributed by atoms with Gasteiger partial charge in [0.2, 0.25) is 5.91 Å². The summed E-state index contributed by atoms with van der Waals surface area (Å²) in [5.74, 6) is -6.13. The van der Waals surface area contributed by atoms with E-state index < -0.39 is 63.5 Å². The van der Waals surface area contributed by atoms with Gasteiger partial charge in [0.25, 0.3) is 11.8 Å². The molecule has 0 spiro atoms. The molecular formula is C26H17Cl6F2N3O4. The SMILES string of the molecule is COCC(=O)Nc1c(F)ccc(NC(=O)c2cc(NC(=O)C3[C@H](c4cc(Cl)c(Cl)c(Cl)c4)C3(Cl)Cl)ccc2Cl)c1F. The summed E-state index contributed by atoms with van der Waals surface area (Å²) in [4.78, 5) is 37.8. The molecule has 1 aliphatic rings. The molecule has 0 radical (unpaired) electrons. The second kappa shape index (κ2) is 12.5. The van der Waals surface area contributed by atoms with Crippen molar-refractivity contribution in [2.45, 2.75) is 10.3 Å². The Bertz CT molecular complexity index is 1550. The molecule has 41 heavy (non-hydrogen) atoms. The van der Waals surface area contributed by atoms with E-state index in [2.05, 4.69) is 15.4 Å². The summed E-state index contributed by atoms with van der Waals surface area (Å²) < 4.78 is 32.2. The van der Waals surface area contributed by atoms with Crippen molar-refractivity contribution in [1.82, 2.24) is 0 Å². The number of hydrogen-bond acceptors (Lipinski definition) is 4. The number of benzene rings is 3. The maximum Gasteiger partial charge on any atom is 0.257 e. The van der Waals surface area contributed by atoms with E-state index in [-0.39, 0.29) is 31.3 Å². The molecule has 1 aliphatic carbocycles. The van der Waals surface area contributed by atoms with Crippen LogP contribution in [-0.2, 0) is 14.3 Å². The van der Waals surface area contributed by atoms with Crippen molar-refractivity contribution in [3.63, 3.8) is 0 Å². The molecule has 3 aromatic carbocycles. The number of methoxy groups -OCH3 is 1. The molecule has 0 bridgehead atoms. The topological polar surface area (TPSA) is 96.5 Å². The predicted molar refractivity (Wildman–Crippen MR) is 157 cm³/mol. The Morgan fingerprint density at radius 2 is 1.56 bits per heavy atom. The average Bonchev–Trinajstić information content (AvgIpc) is 3.49. The number of carbonyl (C=O) groups excluding carboxylic acids is 3. The van der Waals surface area contributed by atoms with Crippen molar-refractivity contribution < 1.29 is 27.9 Å². The zero-order valence-corrected chi connectivity index (χ0v) is 25.1. The van der Waals surface area contributed by atoms with E-state index in [0.717, 1.165) is 12.1 Å². The van der Waals surface area contributed by atoms with Crippen molar-refractivity contribution in [2.75, 3.05) is 29.7 Å². The van der Waals surface area contributed by atoms with E-state index in [9.17, 15) is 23.2 Å². The Labute approximate surface area is 262 Å². The minimum Gasteiger partial charge on any atom is -0.375 e. The van der Waals surface area contributed by atoms with Crippen LogP contribution in [0.2, 0.25) is 20.1 Å². The Morgan fingerprint density at radius 3 is 2.20 bits per heavy atom. The molecule has 0 heterocycles. The fourth-order valence-corrected chi connectivity index (χ4v) is 5.72. The van der Waals surface area contributed by atoms with Crippen LogP contribution in [0.25, 0.3) is 0 Å². The lowest BCUT2D eigenvalue weighted by Gasteiger charge is -2.13. The number of amides is 3. The van der Waals surface area contributed by atoms with E-state index in [4.69, 9.17) is 69.6 Å². The van der Waals surface area contributed by atoms with Gasteiger partial charge in [0, 0.05) is 18.7 Å². The molecule has 1 unspecified atom stereocenters. The highest BCUT2D eigenvalue weighted by atomic mass is 35.5. The summed E-state index contributed by atoms with van der Waals surface area (Å²) in [5, 5.41) is 7.39. The number of alkyl halides is 2. The summed E-state index contributed by atoms with van der Waals surface area (Å²) in [7, 11) is 1.24. The van der Waals surface area contributed by atoms with E-state index >= 15 is 0 Å². The number of hydrogen-bond donors (Lipinski definition) is 3. The van der Waals surface area contributed by atoms with Gasteiger partial charge in [-0.05, 0) is 48.0 Å². The molecule has 7 nitrogen and oxygen atoms in total. The average molecular weight is 686 g/mol. The van der Waals surface area contributed by atoms with Gasteiger partial charge in [-0.2, -0.15) is 0 Å². The molecule has 3 aromatic rings. The first kappa shape index (κ1) is 31.6. The van der Waals surface area contributed by atoms with Crippen LogP contribution in [0.5, 0.6) is 0 Å². The van der Waals surface area contributed by atoms with Gasteiger partial charge in [0.05, 0.1) is 37.3 Å². The zero-order valence-electron chi connectivity index (χ0n) is 20.6. The van der Waals surface area contributed by atoms with Crippen LogP contribution in [0.1, 0.15) is 21.8 Å². The standard InChI is InChI=1S/C26H17Cl6F2N3O4/c1-41-9-18(38)37-23-16(33)4-5-17(22(23)34)36-24(39)12-8-11(2-3-13(12)27)35-25(40)20-19(26(20,31)32)10-6-14(28)21(30)15(29)7-10/h2-8,19-20H,9H2,1H3,(H,35,40)(H,36,39)(H,37,38)/t19-,20?/m0/s1. The monoisotopic (exact) mass is 683 g/mol. The van der Waals surface area contributed by atoms with E-state index in [0.29, 0.717) is 5.56 Å². The number of carbonyl (C=O) groups is 3. The second-order valence-electron chi connectivity index (χ2n) is 8.83. The molecule has 3 N–H and O–H groups in total. The first-order valence-corrected chi connectivity index (χ1v) is 13.7. The van der Waals surface area contributed by atoms with Crippen LogP contribution in [-0.4, -0.2) is 35.8 Å². The van der Waals surface area contributed by atoms with Crippen molar-refractivity contribution in [3.05, 3.63) is 85.3 Å². The van der Waals surface area contributed by atoms with Crippen LogP contribution >= 0.6 is 69.6 Å². The largest absolute Gasteiger partial charge is 0.375 e. The lowest BCUT2D eigenvalue weighted by Crippen LogP contribution is -2.20. The Morgan fingerprint density at radius 1 is 0.902 bits per heavy atom. The first-order chi connectivity index (χ1) is 19.3. The molecule has 3 amide bonds. The van der Waals surface area contributed by atoms with Gasteiger partial charge in [0.1, 0.15) is 22.4 Å². The van der Waals surface area contributed by atoms with Crippen molar-refractivity contribution in [1.29, 1.82) is 0 Å². The lowest BCUT2D eigenvalue weighted by molar-refractivity contribution is -0.119. The zero-order chi connectivity index (χ0) is 30.2. The fraction of sp³-hybridized carbons (Fsp3) is 0.192. The van der Waals surface area contributed by atoms with Gasteiger partial charge in [-0.3, -0.25) is 14.4 Å². The molecule has 0 aromatic heterocycles. The highest BCUT2D eigenvalue weighted by Crippen LogP contribution is 2.65. The van der Waals surface area contributed by atoms with Gasteiger partial charge in [-0.1, -0.05) is 46.4 Å². The molecule has 0 saturated heterocycles. The maximum atomic E-state index is 14.9. The van der Waals surface area contributed by atoms with Gasteiger partial charge in [-0.15, -0.1) is 23.2 Å². The van der Waals surface area contributed by atoms with Crippen LogP contribution in [0.4, 0.5) is 25.8 Å². The summed E-state index contributed by atoms with van der Waals surface area (Å²) in [6.45, 7) is -0.444. The third-order valence-corrected chi connectivity index (χ3v) is 8.53. The Balaban J connectivity index is 1.52. The van der Waals surface area contributed by atoms with Crippen molar-refractivity contribution >= 4 is 104 Å². The molecule has 1 saturated carbocycles. The van der Waals surface area contributed by atoms with Crippen LogP contribution in [0.3, 0.4) is 0 Å². The van der Waals surface area contributed by atoms with E-state index in [1.807, 2.05) is 5.32 Å². The Kier molecular flexibility index (Phi) is 9.60. The number of nitrogens with one attached hydrogen (secondary N) is 3. The predicted octanol–water partition coefficient (Wildman–Crippen LogP) is 7.94. The van der Waals surface area contributed by atoms with Gasteiger partial charge in [0.15, 0.2) is 5.82 Å². The van der Waals surface area contributed by atoms with Gasteiger partial charge >= 0.3 is 0 Å². The molecule has 2 atom stereocenters. The molecule has 216 valence electrons. The Hall–Kier alpha value is -2.37. The highest BCUT2D eigenvalue weighted by molar-refractivity contribution is 6.54. The molecule has 4 rings (SSSR count). The highest BCUT2D eigenvalue weighted by Gasteiger charge is 2.67. The third-order valence-electron chi connectivity index (χ3n) is 6.06. The molecule has 15 heteroatoms. The van der Waals surface area contributed by atoms with Gasteiger partial charge < -0.3 is 20.7 Å². The number of anilines is 3. The first-order valence-electron chi connectivity index (χ1n) is 11.5. The van der Waals surface area contributed by atoms with E-state index in [1.54, 1.807) is 0 Å². The van der Waals surface area contributed by atoms with Crippen LogP contribution in [0.15, 0.2) is 42.5 Å². The van der Waals surface area contributed by atoms with Crippen LogP contribution in [0, 0.1) is 17.6 Å².